The Kier molecular flexibility index (Phi) is 5.84. The van der Waals surface area contributed by atoms with Crippen LogP contribution < -0.4 is 0 Å². The summed E-state index contributed by atoms with van der Waals surface area (Å²) < 4.78 is 5.32. The van der Waals surface area contributed by atoms with E-state index in [1.54, 1.807) is 4.90 Å². The summed E-state index contributed by atoms with van der Waals surface area (Å²) in [6.07, 6.45) is 4.69. The number of hydrogen-bond acceptors (Lipinski definition) is 3. The summed E-state index contributed by atoms with van der Waals surface area (Å²) >= 11 is 0. The zero-order valence-corrected chi connectivity index (χ0v) is 13.0. The van der Waals surface area contributed by atoms with E-state index < -0.39 is 23.6 Å². The van der Waals surface area contributed by atoms with Crippen molar-refractivity contribution in [1.29, 1.82) is 0 Å². The van der Waals surface area contributed by atoms with Crippen LogP contribution in [0.5, 0.6) is 0 Å². The molecule has 1 heterocycles. The topological polar surface area (TPSA) is 66.8 Å². The van der Waals surface area contributed by atoms with Crippen molar-refractivity contribution in [2.75, 3.05) is 6.54 Å². The van der Waals surface area contributed by atoms with Crippen LogP contribution >= 0.6 is 0 Å². The van der Waals surface area contributed by atoms with Gasteiger partial charge in [0.25, 0.3) is 0 Å². The molecule has 2 atom stereocenters. The van der Waals surface area contributed by atoms with Gasteiger partial charge in [0, 0.05) is 6.54 Å². The quantitative estimate of drug-likeness (QED) is 0.760. The first-order chi connectivity index (χ1) is 9.26. The number of aliphatic carboxylic acids is 1. The molecule has 1 N–H and O–H groups in total. The molecule has 0 saturated carbocycles. The maximum atomic E-state index is 12.0. The summed E-state index contributed by atoms with van der Waals surface area (Å²) in [5, 5.41) is 9.16. The predicted octanol–water partition coefficient (Wildman–Crippen LogP) is 3.28. The van der Waals surface area contributed by atoms with Crippen LogP contribution in [0.2, 0.25) is 0 Å². The molecule has 20 heavy (non-hydrogen) atoms. The summed E-state index contributed by atoms with van der Waals surface area (Å²) in [6, 6.07) is -0.209. The molecule has 1 aliphatic heterocycles. The van der Waals surface area contributed by atoms with Gasteiger partial charge in [0.2, 0.25) is 0 Å². The number of carboxylic acids is 1. The minimum Gasteiger partial charge on any atom is -0.481 e. The normalized spacial score (nSPS) is 22.3. The molecule has 1 fully saturated rings. The van der Waals surface area contributed by atoms with Crippen LogP contribution in [-0.2, 0) is 9.53 Å². The fraction of sp³-hybridized carbons (Fsp3) is 0.867. The Morgan fingerprint density at radius 1 is 1.25 bits per heavy atom. The van der Waals surface area contributed by atoms with Crippen LogP contribution in [0.15, 0.2) is 0 Å². The zero-order chi connectivity index (χ0) is 15.3. The van der Waals surface area contributed by atoms with Crippen molar-refractivity contribution >= 4 is 12.1 Å². The second kappa shape index (κ2) is 6.95. The first-order valence-corrected chi connectivity index (χ1v) is 7.48. The van der Waals surface area contributed by atoms with Gasteiger partial charge in [-0.3, -0.25) is 4.79 Å². The third-order valence-electron chi connectivity index (χ3n) is 3.56. The van der Waals surface area contributed by atoms with Crippen molar-refractivity contribution in [1.82, 2.24) is 4.90 Å². The number of likely N-dealkylation sites (tertiary alicyclic amines) is 1. The molecule has 0 aromatic carbocycles. The van der Waals surface area contributed by atoms with E-state index in [4.69, 9.17) is 9.84 Å². The summed E-state index contributed by atoms with van der Waals surface area (Å²) in [5.74, 6) is -1.26. The lowest BCUT2D eigenvalue weighted by molar-refractivity contribution is -0.151. The van der Waals surface area contributed by atoms with Crippen LogP contribution in [0.4, 0.5) is 4.79 Å². The van der Waals surface area contributed by atoms with Gasteiger partial charge in [-0.15, -0.1) is 0 Å². The maximum Gasteiger partial charge on any atom is 0.410 e. The Labute approximate surface area is 121 Å². The van der Waals surface area contributed by atoms with Gasteiger partial charge in [-0.25, -0.2) is 4.79 Å². The molecular formula is C15H27NO4. The van der Waals surface area contributed by atoms with Gasteiger partial charge in [0.15, 0.2) is 0 Å². The highest BCUT2D eigenvalue weighted by atomic mass is 16.6. The molecule has 1 rings (SSSR count). The fourth-order valence-electron chi connectivity index (χ4n) is 2.46. The molecule has 0 aromatic rings. The minimum absolute atomic E-state index is 0.209. The maximum absolute atomic E-state index is 12.0. The number of carbonyl (C=O) groups is 2. The Bertz CT molecular complexity index is 348. The van der Waals surface area contributed by atoms with Gasteiger partial charge in [-0.05, 0) is 27.2 Å². The van der Waals surface area contributed by atoms with Gasteiger partial charge in [-0.2, -0.15) is 0 Å². The second-order valence-corrected chi connectivity index (χ2v) is 6.49. The monoisotopic (exact) mass is 285 g/mol. The van der Waals surface area contributed by atoms with Crippen LogP contribution in [0, 0.1) is 5.92 Å². The average molecular weight is 285 g/mol. The summed E-state index contributed by atoms with van der Waals surface area (Å²) in [4.78, 5) is 24.7. The molecule has 0 radical (unpaired) electrons. The van der Waals surface area contributed by atoms with E-state index in [0.717, 1.165) is 32.1 Å². The number of hydrogen-bond donors (Lipinski definition) is 1. The number of ether oxygens (including phenoxy) is 1. The van der Waals surface area contributed by atoms with Crippen molar-refractivity contribution in [3.63, 3.8) is 0 Å². The van der Waals surface area contributed by atoms with E-state index in [-0.39, 0.29) is 12.6 Å². The van der Waals surface area contributed by atoms with Gasteiger partial charge in [0.1, 0.15) is 5.60 Å². The number of carboxylic acid groups (broad SMARTS) is 1. The number of nitrogens with zero attached hydrogens (tertiary/aromatic N) is 1. The summed E-state index contributed by atoms with van der Waals surface area (Å²) in [5.41, 5.74) is -0.543. The van der Waals surface area contributed by atoms with Gasteiger partial charge in [0.05, 0.1) is 12.0 Å². The van der Waals surface area contributed by atoms with Crippen molar-refractivity contribution in [3.05, 3.63) is 0 Å². The third kappa shape index (κ3) is 4.69. The molecule has 1 amide bonds. The third-order valence-corrected chi connectivity index (χ3v) is 3.56. The Balaban J connectivity index is 2.53. The SMILES string of the molecule is CCCCCCC1C(C(=O)O)CN1C(=O)OC(C)(C)C. The largest absolute Gasteiger partial charge is 0.481 e. The number of rotatable bonds is 6. The van der Waals surface area contributed by atoms with E-state index in [1.165, 1.54) is 0 Å². The molecule has 1 saturated heterocycles. The Hall–Kier alpha value is -1.26. The molecule has 2 unspecified atom stereocenters. The Morgan fingerprint density at radius 2 is 1.90 bits per heavy atom. The van der Waals surface area contributed by atoms with E-state index in [9.17, 15) is 9.59 Å². The lowest BCUT2D eigenvalue weighted by Gasteiger charge is -2.46. The highest BCUT2D eigenvalue weighted by molar-refractivity contribution is 5.78. The number of carbonyl (C=O) groups excluding carboxylic acids is 1. The summed E-state index contributed by atoms with van der Waals surface area (Å²) in [7, 11) is 0. The lowest BCUT2D eigenvalue weighted by atomic mass is 9.85. The van der Waals surface area contributed by atoms with Crippen LogP contribution in [0.25, 0.3) is 0 Å². The van der Waals surface area contributed by atoms with Crippen LogP contribution in [0.1, 0.15) is 59.8 Å². The van der Waals surface area contributed by atoms with E-state index in [1.807, 2.05) is 20.8 Å². The summed E-state index contributed by atoms with van der Waals surface area (Å²) in [6.45, 7) is 7.85. The minimum atomic E-state index is -0.815. The van der Waals surface area contributed by atoms with Crippen LogP contribution in [-0.4, -0.2) is 40.3 Å². The molecule has 0 aliphatic carbocycles. The van der Waals surface area contributed by atoms with Crippen molar-refractivity contribution < 1.29 is 19.4 Å². The fourth-order valence-corrected chi connectivity index (χ4v) is 2.46. The van der Waals surface area contributed by atoms with Crippen molar-refractivity contribution in [2.24, 2.45) is 5.92 Å². The number of amides is 1. The molecule has 0 bridgehead atoms. The van der Waals surface area contributed by atoms with Gasteiger partial charge in [-0.1, -0.05) is 32.6 Å². The van der Waals surface area contributed by atoms with Crippen LogP contribution in [0.3, 0.4) is 0 Å². The Morgan fingerprint density at radius 3 is 2.40 bits per heavy atom. The predicted molar refractivity (Wildman–Crippen MR) is 76.6 cm³/mol. The highest BCUT2D eigenvalue weighted by Gasteiger charge is 2.47. The zero-order valence-electron chi connectivity index (χ0n) is 13.0. The molecule has 0 spiro atoms. The lowest BCUT2D eigenvalue weighted by Crippen LogP contribution is -2.61. The molecule has 5 heteroatoms. The molecular weight excluding hydrogens is 258 g/mol. The second-order valence-electron chi connectivity index (χ2n) is 6.49. The first-order valence-electron chi connectivity index (χ1n) is 7.48. The van der Waals surface area contributed by atoms with Crippen molar-refractivity contribution in [3.8, 4) is 0 Å². The number of unbranched alkanes of at least 4 members (excludes halogenated alkanes) is 3. The molecule has 116 valence electrons. The molecule has 1 aliphatic rings. The smallest absolute Gasteiger partial charge is 0.410 e. The first kappa shape index (κ1) is 16.8. The van der Waals surface area contributed by atoms with E-state index >= 15 is 0 Å². The van der Waals surface area contributed by atoms with Gasteiger partial charge < -0.3 is 14.7 Å². The van der Waals surface area contributed by atoms with E-state index in [2.05, 4.69) is 6.92 Å². The standard InChI is InChI=1S/C15H27NO4/c1-5-6-7-8-9-12-11(13(17)18)10-16(12)14(19)20-15(2,3)4/h11-12H,5-10H2,1-4H3,(H,17,18). The molecule has 0 aromatic heterocycles. The highest BCUT2D eigenvalue weighted by Crippen LogP contribution is 2.31. The van der Waals surface area contributed by atoms with Gasteiger partial charge >= 0.3 is 12.1 Å². The molecule has 5 nitrogen and oxygen atoms in total. The van der Waals surface area contributed by atoms with E-state index in [0.29, 0.717) is 0 Å². The van der Waals surface area contributed by atoms with Crippen molar-refractivity contribution in [2.45, 2.75) is 71.4 Å². The average Bonchev–Trinajstić information content (AvgIpc) is 2.24.